The van der Waals surface area contributed by atoms with Crippen molar-refractivity contribution in [3.05, 3.63) is 42.0 Å². The summed E-state index contributed by atoms with van der Waals surface area (Å²) >= 11 is 6.44. The van der Waals surface area contributed by atoms with Gasteiger partial charge < -0.3 is 20.1 Å². The topological polar surface area (TPSA) is 87.0 Å². The number of benzene rings is 1. The average molecular weight is 397 g/mol. The molecule has 0 aliphatic heterocycles. The van der Waals surface area contributed by atoms with Crippen LogP contribution in [0, 0.1) is 11.8 Å². The van der Waals surface area contributed by atoms with Gasteiger partial charge in [-0.1, -0.05) is 24.3 Å². The molecule has 3 N–H and O–H groups in total. The number of aliphatic hydroxyl groups is 2. The number of alkyl halides is 1. The van der Waals surface area contributed by atoms with Gasteiger partial charge in [0.1, 0.15) is 5.75 Å². The van der Waals surface area contributed by atoms with Crippen LogP contribution in [0.15, 0.2) is 36.4 Å². The molecule has 4 atom stereocenters. The van der Waals surface area contributed by atoms with Gasteiger partial charge in [0.25, 0.3) is 0 Å². The Labute approximate surface area is 165 Å². The predicted octanol–water partition coefficient (Wildman–Crippen LogP) is 3.41. The van der Waals surface area contributed by atoms with Gasteiger partial charge in [-0.25, -0.2) is 0 Å². The molecule has 0 radical (unpaired) electrons. The standard InChI is InChI=1S/C21H29ClO5/c22-19-13-20(24)18(17(19)8-3-1-2-4-9-21(25)26)14-27-16-7-5-6-15(12-16)10-11-23/h1,3,5-7,12,17-20,23-24H,2,4,8-11,13-14H2,(H,25,26)/b3-1-/t17-,18-,19-,20-/m1/s1. The average Bonchev–Trinajstić information content (AvgIpc) is 2.89. The van der Waals surface area contributed by atoms with Gasteiger partial charge in [0.15, 0.2) is 0 Å². The minimum Gasteiger partial charge on any atom is -0.493 e. The molecule has 2 rings (SSSR count). The quantitative estimate of drug-likeness (QED) is 0.303. The lowest BCUT2D eigenvalue weighted by atomic mass is 9.92. The normalized spacial score (nSPS) is 25.1. The highest BCUT2D eigenvalue weighted by atomic mass is 35.5. The minimum absolute atomic E-state index is 0.0438. The summed E-state index contributed by atoms with van der Waals surface area (Å²) in [6, 6.07) is 7.62. The molecule has 6 heteroatoms. The molecule has 0 aromatic heterocycles. The van der Waals surface area contributed by atoms with E-state index in [-0.39, 0.29) is 30.2 Å². The van der Waals surface area contributed by atoms with Crippen molar-refractivity contribution in [2.75, 3.05) is 13.2 Å². The Bertz CT molecular complexity index is 618. The van der Waals surface area contributed by atoms with Gasteiger partial charge in [-0.15, -0.1) is 11.6 Å². The van der Waals surface area contributed by atoms with Crippen molar-refractivity contribution < 1.29 is 24.9 Å². The first-order valence-corrected chi connectivity index (χ1v) is 9.96. The number of rotatable bonds is 11. The molecule has 150 valence electrons. The molecule has 5 nitrogen and oxygen atoms in total. The Morgan fingerprint density at radius 2 is 2.11 bits per heavy atom. The monoisotopic (exact) mass is 396 g/mol. The fourth-order valence-corrected chi connectivity index (χ4v) is 4.02. The van der Waals surface area contributed by atoms with Crippen molar-refractivity contribution in [2.45, 2.75) is 50.0 Å². The van der Waals surface area contributed by atoms with Gasteiger partial charge in [-0.2, -0.15) is 0 Å². The number of carboxylic acids is 1. The molecular formula is C21H29ClO5. The number of hydrogen-bond acceptors (Lipinski definition) is 4. The number of halogens is 1. The van der Waals surface area contributed by atoms with Crippen LogP contribution >= 0.6 is 11.6 Å². The maximum absolute atomic E-state index is 10.5. The Kier molecular flexibility index (Phi) is 9.11. The van der Waals surface area contributed by atoms with Crippen LogP contribution in [0.5, 0.6) is 5.75 Å². The van der Waals surface area contributed by atoms with Crippen molar-refractivity contribution in [1.29, 1.82) is 0 Å². The van der Waals surface area contributed by atoms with Gasteiger partial charge in [-0.3, -0.25) is 4.79 Å². The molecular weight excluding hydrogens is 368 g/mol. The van der Waals surface area contributed by atoms with Crippen LogP contribution in [0.2, 0.25) is 0 Å². The second kappa shape index (κ2) is 11.3. The lowest BCUT2D eigenvalue weighted by Gasteiger charge is -2.22. The SMILES string of the molecule is O=C(O)CCC/C=C\C[C@@H]1[C@@H](COc2cccc(CCO)c2)[C@H](O)C[C@H]1Cl. The number of unbranched alkanes of at least 4 members (excludes halogenated alkanes) is 1. The molecule has 0 amide bonds. The fraction of sp³-hybridized carbons (Fsp3) is 0.571. The molecule has 0 unspecified atom stereocenters. The lowest BCUT2D eigenvalue weighted by molar-refractivity contribution is -0.137. The van der Waals surface area contributed by atoms with Crippen molar-refractivity contribution in [3.63, 3.8) is 0 Å². The van der Waals surface area contributed by atoms with Crippen LogP contribution in [0.3, 0.4) is 0 Å². The van der Waals surface area contributed by atoms with Crippen LogP contribution in [0.1, 0.15) is 37.7 Å². The zero-order chi connectivity index (χ0) is 19.6. The number of aliphatic hydroxyl groups excluding tert-OH is 2. The third kappa shape index (κ3) is 7.17. The zero-order valence-electron chi connectivity index (χ0n) is 15.5. The molecule has 1 aliphatic carbocycles. The van der Waals surface area contributed by atoms with Gasteiger partial charge >= 0.3 is 5.97 Å². The van der Waals surface area contributed by atoms with Crippen LogP contribution < -0.4 is 4.74 Å². The molecule has 0 saturated heterocycles. The van der Waals surface area contributed by atoms with E-state index in [2.05, 4.69) is 0 Å². The fourth-order valence-electron chi connectivity index (χ4n) is 3.55. The molecule has 0 bridgehead atoms. The Morgan fingerprint density at radius 3 is 2.85 bits per heavy atom. The Balaban J connectivity index is 1.86. The molecule has 0 heterocycles. The minimum atomic E-state index is -0.775. The number of hydrogen-bond donors (Lipinski definition) is 3. The largest absolute Gasteiger partial charge is 0.493 e. The van der Waals surface area contributed by atoms with E-state index in [0.717, 1.165) is 24.2 Å². The summed E-state index contributed by atoms with van der Waals surface area (Å²) in [5, 5.41) is 28.0. The number of ether oxygens (including phenoxy) is 1. The summed E-state index contributed by atoms with van der Waals surface area (Å²) in [6.07, 6.45) is 6.96. The summed E-state index contributed by atoms with van der Waals surface area (Å²) in [7, 11) is 0. The first-order valence-electron chi connectivity index (χ1n) is 9.52. The summed E-state index contributed by atoms with van der Waals surface area (Å²) < 4.78 is 5.91. The van der Waals surface area contributed by atoms with E-state index in [1.165, 1.54) is 0 Å². The molecule has 1 aliphatic rings. The highest BCUT2D eigenvalue weighted by Gasteiger charge is 2.41. The van der Waals surface area contributed by atoms with E-state index < -0.39 is 12.1 Å². The van der Waals surface area contributed by atoms with Crippen LogP contribution in [-0.2, 0) is 11.2 Å². The molecule has 27 heavy (non-hydrogen) atoms. The highest BCUT2D eigenvalue weighted by molar-refractivity contribution is 6.21. The van der Waals surface area contributed by atoms with E-state index in [0.29, 0.717) is 25.9 Å². The van der Waals surface area contributed by atoms with Crippen LogP contribution in [-0.4, -0.2) is 46.0 Å². The van der Waals surface area contributed by atoms with Gasteiger partial charge in [-0.05, 0) is 55.7 Å². The number of allylic oxidation sites excluding steroid dienone is 2. The number of aliphatic carboxylic acids is 1. The Hall–Kier alpha value is -1.56. The molecule has 1 aromatic carbocycles. The summed E-state index contributed by atoms with van der Waals surface area (Å²) in [6.45, 7) is 0.490. The Morgan fingerprint density at radius 1 is 1.30 bits per heavy atom. The van der Waals surface area contributed by atoms with Crippen molar-refractivity contribution in [1.82, 2.24) is 0 Å². The summed E-state index contributed by atoms with van der Waals surface area (Å²) in [5.41, 5.74) is 1.01. The van der Waals surface area contributed by atoms with Crippen molar-refractivity contribution in [3.8, 4) is 5.75 Å². The predicted molar refractivity (Wildman–Crippen MR) is 105 cm³/mol. The first-order chi connectivity index (χ1) is 13.0. The van der Waals surface area contributed by atoms with Gasteiger partial charge in [0.05, 0.1) is 12.7 Å². The maximum atomic E-state index is 10.5. The number of carboxylic acid groups (broad SMARTS) is 1. The molecule has 1 saturated carbocycles. The van der Waals surface area contributed by atoms with Crippen LogP contribution in [0.4, 0.5) is 0 Å². The second-order valence-electron chi connectivity index (χ2n) is 7.07. The summed E-state index contributed by atoms with van der Waals surface area (Å²) in [4.78, 5) is 10.5. The molecule has 1 fully saturated rings. The highest BCUT2D eigenvalue weighted by Crippen LogP contribution is 2.39. The van der Waals surface area contributed by atoms with Crippen molar-refractivity contribution >= 4 is 17.6 Å². The number of carbonyl (C=O) groups is 1. The van der Waals surface area contributed by atoms with E-state index in [1.807, 2.05) is 36.4 Å². The van der Waals surface area contributed by atoms with E-state index in [1.54, 1.807) is 0 Å². The van der Waals surface area contributed by atoms with Gasteiger partial charge in [0.2, 0.25) is 0 Å². The van der Waals surface area contributed by atoms with Crippen LogP contribution in [0.25, 0.3) is 0 Å². The van der Waals surface area contributed by atoms with Gasteiger partial charge in [0, 0.05) is 24.3 Å². The zero-order valence-corrected chi connectivity index (χ0v) is 16.2. The van der Waals surface area contributed by atoms with Crippen molar-refractivity contribution in [2.24, 2.45) is 11.8 Å². The smallest absolute Gasteiger partial charge is 0.303 e. The van der Waals surface area contributed by atoms with E-state index in [9.17, 15) is 9.90 Å². The van der Waals surface area contributed by atoms with E-state index in [4.69, 9.17) is 26.6 Å². The molecule has 0 spiro atoms. The van der Waals surface area contributed by atoms with E-state index >= 15 is 0 Å². The third-order valence-corrected chi connectivity index (χ3v) is 5.55. The third-order valence-electron chi connectivity index (χ3n) is 5.05. The lowest BCUT2D eigenvalue weighted by Crippen LogP contribution is -2.27. The second-order valence-corrected chi connectivity index (χ2v) is 7.63. The summed E-state index contributed by atoms with van der Waals surface area (Å²) in [5.74, 6) is 0.0354. The molecule has 1 aromatic rings. The first kappa shape index (κ1) is 21.7. The maximum Gasteiger partial charge on any atom is 0.303 e.